The second kappa shape index (κ2) is 10.4. The fraction of sp³-hybridized carbons (Fsp3) is 0.621. The molecule has 0 amide bonds. The lowest BCUT2D eigenvalue weighted by molar-refractivity contribution is -0.237. The smallest absolute Gasteiger partial charge is 0.253 e. The van der Waals surface area contributed by atoms with E-state index in [0.717, 1.165) is 24.8 Å². The summed E-state index contributed by atoms with van der Waals surface area (Å²) < 4.78 is 45.0. The number of allylic oxidation sites excluding steroid dienone is 1. The van der Waals surface area contributed by atoms with E-state index in [1.54, 1.807) is 26.0 Å². The number of alkyl halides is 2. The number of hydrogen-bond donors (Lipinski definition) is 0. The molecule has 0 spiro atoms. The van der Waals surface area contributed by atoms with Crippen LogP contribution in [0, 0.1) is 28.5 Å². The van der Waals surface area contributed by atoms with E-state index in [2.05, 4.69) is 18.0 Å². The summed E-state index contributed by atoms with van der Waals surface area (Å²) in [5.41, 5.74) is 0.640. The molecule has 4 nitrogen and oxygen atoms in total. The molecular weight excluding hydrogens is 463 g/mol. The molecule has 1 aromatic heterocycles. The molecule has 7 heteroatoms. The highest BCUT2D eigenvalue weighted by molar-refractivity contribution is 5.85. The minimum absolute atomic E-state index is 0. The van der Waals surface area contributed by atoms with E-state index in [4.69, 9.17) is 0 Å². The number of aryl methyl sites for hydroxylation is 1. The van der Waals surface area contributed by atoms with Crippen LogP contribution in [-0.2, 0) is 16.8 Å². The Kier molecular flexibility index (Phi) is 8.07. The molecule has 2 saturated carbocycles. The van der Waals surface area contributed by atoms with Crippen LogP contribution in [0.25, 0.3) is 17.1 Å². The average molecular weight is 504 g/mol. The van der Waals surface area contributed by atoms with Crippen LogP contribution in [0.2, 0.25) is 0 Å². The Morgan fingerprint density at radius 3 is 2.47 bits per heavy atom. The maximum absolute atomic E-state index is 14.9. The minimum Gasteiger partial charge on any atom is -0.318 e. The number of carbonyl (C=O) groups is 1. The Balaban J connectivity index is 0.00000157. The van der Waals surface area contributed by atoms with Crippen LogP contribution >= 0.6 is 0 Å². The van der Waals surface area contributed by atoms with Gasteiger partial charge in [-0.15, -0.1) is 0 Å². The first-order chi connectivity index (χ1) is 17.0. The summed E-state index contributed by atoms with van der Waals surface area (Å²) >= 11 is 0. The summed E-state index contributed by atoms with van der Waals surface area (Å²) in [5.74, 6) is -3.07. The molecule has 0 radical (unpaired) electrons. The number of ketones is 1. The molecule has 2 atom stereocenters. The monoisotopic (exact) mass is 503 g/mol. The highest BCUT2D eigenvalue weighted by atomic mass is 19.3. The molecular formula is C29H40F3N3O. The SMILES string of the molecule is CC.CCc1c(C#N)cc(F)c2nc(/C=C/CC(=O)CC3CC(F)(F)C3(C)CC)n(C3(C)CCC3)c12.[HH]. The van der Waals surface area contributed by atoms with Gasteiger partial charge in [-0.3, -0.25) is 4.79 Å². The number of imidazole rings is 1. The second-order valence-corrected chi connectivity index (χ2v) is 10.4. The molecule has 0 saturated heterocycles. The maximum Gasteiger partial charge on any atom is 0.253 e. The van der Waals surface area contributed by atoms with Gasteiger partial charge < -0.3 is 4.57 Å². The molecule has 2 aliphatic rings. The van der Waals surface area contributed by atoms with E-state index < -0.39 is 17.2 Å². The lowest BCUT2D eigenvalue weighted by atomic mass is 9.55. The van der Waals surface area contributed by atoms with Crippen LogP contribution in [0.5, 0.6) is 0 Å². The summed E-state index contributed by atoms with van der Waals surface area (Å²) in [6.45, 7) is 11.4. The van der Waals surface area contributed by atoms with Crippen molar-refractivity contribution in [1.29, 1.82) is 5.26 Å². The van der Waals surface area contributed by atoms with Gasteiger partial charge in [0.25, 0.3) is 5.92 Å². The number of halogens is 3. The Hall–Kier alpha value is -2.62. The topological polar surface area (TPSA) is 58.7 Å². The van der Waals surface area contributed by atoms with Gasteiger partial charge in [0.1, 0.15) is 17.1 Å². The van der Waals surface area contributed by atoms with Crippen molar-refractivity contribution < 1.29 is 19.4 Å². The first-order valence-electron chi connectivity index (χ1n) is 13.2. The number of hydrogen-bond acceptors (Lipinski definition) is 3. The summed E-state index contributed by atoms with van der Waals surface area (Å²) in [7, 11) is 0. The van der Waals surface area contributed by atoms with Gasteiger partial charge in [0.2, 0.25) is 0 Å². The van der Waals surface area contributed by atoms with E-state index in [-0.39, 0.29) is 43.4 Å². The lowest BCUT2D eigenvalue weighted by Gasteiger charge is -2.53. The van der Waals surface area contributed by atoms with Gasteiger partial charge in [0.15, 0.2) is 5.82 Å². The molecule has 0 bridgehead atoms. The highest BCUT2D eigenvalue weighted by Crippen LogP contribution is 2.61. The molecule has 2 fully saturated rings. The molecule has 0 aliphatic heterocycles. The first kappa shape index (κ1) is 28.0. The molecule has 2 aromatic rings. The molecule has 0 N–H and O–H groups in total. The zero-order chi connectivity index (χ0) is 26.9. The zero-order valence-corrected chi connectivity index (χ0v) is 22.4. The molecule has 198 valence electrons. The lowest BCUT2D eigenvalue weighted by Crippen LogP contribution is -2.56. The number of rotatable bonds is 8. The van der Waals surface area contributed by atoms with Crippen LogP contribution in [0.15, 0.2) is 12.1 Å². The van der Waals surface area contributed by atoms with Gasteiger partial charge >= 0.3 is 0 Å². The van der Waals surface area contributed by atoms with Gasteiger partial charge in [-0.2, -0.15) is 5.26 Å². The number of fused-ring (bicyclic) bond motifs is 1. The third-order valence-electron chi connectivity index (χ3n) is 8.52. The number of Topliss-reactive ketones (excluding diaryl/α,β-unsaturated/α-hetero) is 1. The summed E-state index contributed by atoms with van der Waals surface area (Å²) in [5, 5.41) is 9.55. The number of carbonyl (C=O) groups excluding carboxylic acids is 1. The van der Waals surface area contributed by atoms with Gasteiger partial charge in [0, 0.05) is 31.6 Å². The number of aromatic nitrogens is 2. The summed E-state index contributed by atoms with van der Waals surface area (Å²) in [6, 6.07) is 3.36. The summed E-state index contributed by atoms with van der Waals surface area (Å²) in [6.07, 6.45) is 7.28. The van der Waals surface area contributed by atoms with Crippen molar-refractivity contribution in [1.82, 2.24) is 9.55 Å². The second-order valence-electron chi connectivity index (χ2n) is 10.4. The van der Waals surface area contributed by atoms with Crippen LogP contribution in [-0.4, -0.2) is 21.3 Å². The fourth-order valence-corrected chi connectivity index (χ4v) is 5.75. The van der Waals surface area contributed by atoms with Crippen molar-refractivity contribution in [3.05, 3.63) is 34.9 Å². The van der Waals surface area contributed by atoms with E-state index >= 15 is 0 Å². The van der Waals surface area contributed by atoms with E-state index in [1.165, 1.54) is 6.07 Å². The van der Waals surface area contributed by atoms with Crippen LogP contribution in [0.3, 0.4) is 0 Å². The Morgan fingerprint density at radius 1 is 1.31 bits per heavy atom. The van der Waals surface area contributed by atoms with Gasteiger partial charge in [-0.05, 0) is 62.7 Å². The van der Waals surface area contributed by atoms with Gasteiger partial charge in [-0.1, -0.05) is 40.7 Å². The predicted octanol–water partition coefficient (Wildman–Crippen LogP) is 8.21. The van der Waals surface area contributed by atoms with E-state index in [0.29, 0.717) is 29.7 Å². The van der Waals surface area contributed by atoms with E-state index in [1.807, 2.05) is 25.3 Å². The van der Waals surface area contributed by atoms with Gasteiger partial charge in [0.05, 0.1) is 17.1 Å². The molecule has 1 heterocycles. The molecule has 4 rings (SSSR count). The van der Waals surface area contributed by atoms with E-state index in [9.17, 15) is 23.2 Å². The zero-order valence-electron chi connectivity index (χ0n) is 22.4. The quantitative estimate of drug-likeness (QED) is 0.365. The normalized spacial score (nSPS) is 23.9. The van der Waals surface area contributed by atoms with Crippen molar-refractivity contribution in [3.8, 4) is 6.07 Å². The Labute approximate surface area is 214 Å². The molecule has 1 aromatic carbocycles. The minimum atomic E-state index is -2.71. The van der Waals surface area contributed by atoms with Crippen LogP contribution in [0.4, 0.5) is 13.2 Å². The maximum atomic E-state index is 14.9. The Bertz CT molecular complexity index is 1210. The first-order valence-corrected chi connectivity index (χ1v) is 13.2. The van der Waals surface area contributed by atoms with Crippen molar-refractivity contribution in [2.75, 3.05) is 0 Å². The number of nitriles is 1. The third kappa shape index (κ3) is 4.48. The molecule has 36 heavy (non-hydrogen) atoms. The van der Waals surface area contributed by atoms with Gasteiger partial charge in [-0.25, -0.2) is 18.2 Å². The highest BCUT2D eigenvalue weighted by Gasteiger charge is 2.63. The van der Waals surface area contributed by atoms with Crippen LogP contribution < -0.4 is 0 Å². The van der Waals surface area contributed by atoms with Crippen molar-refractivity contribution >= 4 is 22.9 Å². The standard InChI is InChI=1S/C27H32F3N3O.C2H6.H2/c1-5-20-17(16-31)13-21(28)23-24(20)33(25(3)11-8-12-25)22(32-23)10-7-9-19(34)14-18-15-27(29,30)26(18,4)6-2;1-2;/h7,10,13,18H,5-6,8-9,11-12,14-15H2,1-4H3;1-2H3;1H/b10-7+;;. The van der Waals surface area contributed by atoms with Crippen molar-refractivity contribution in [3.63, 3.8) is 0 Å². The Morgan fingerprint density at radius 2 is 1.97 bits per heavy atom. The number of benzene rings is 1. The fourth-order valence-electron chi connectivity index (χ4n) is 5.75. The average Bonchev–Trinajstić information content (AvgIpc) is 3.22. The van der Waals surface area contributed by atoms with Crippen molar-refractivity contribution in [2.45, 2.75) is 104 Å². The largest absolute Gasteiger partial charge is 0.318 e. The predicted molar refractivity (Wildman–Crippen MR) is 139 cm³/mol. The molecule has 2 aliphatic carbocycles. The van der Waals surface area contributed by atoms with Crippen molar-refractivity contribution in [2.24, 2.45) is 11.3 Å². The third-order valence-corrected chi connectivity index (χ3v) is 8.52. The number of nitrogens with zero attached hydrogens (tertiary/aromatic N) is 3. The summed E-state index contributed by atoms with van der Waals surface area (Å²) in [4.78, 5) is 17.2. The molecule has 2 unspecified atom stereocenters. The van der Waals surface area contributed by atoms with Crippen LogP contribution in [0.1, 0.15) is 105 Å².